The Balaban J connectivity index is 0.925. The molecule has 8 amide bonds. The first-order valence-corrected chi connectivity index (χ1v) is 43.0. The number of carbonyl (C=O) groups excluding carboxylic acids is 12. The number of carbonyl (C=O) groups is 12. The number of nitrogens with zero attached hydrogens (tertiary/aromatic N) is 4. The fourth-order valence-corrected chi connectivity index (χ4v) is 15.5. The molecule has 3 aliphatic heterocycles. The normalized spacial score (nSPS) is 18.7. The van der Waals surface area contributed by atoms with Crippen molar-refractivity contribution in [2.75, 3.05) is 112 Å². The SMILES string of the molecule is CC[C@H](C)[C@@H]([C@@H](CC(=O)N1CCC[C@H]1[C@H](OC)[C@@H](C)C(=O)N[C@H](C)[C@@H](O)c1ccccc1)OC)N(C)C(=O)[C@@H](NC(=O)[C@H](C(C)C)N(C)C(=O)OCc1cc(NC(=O)CCOCCOCCOCCOCCNC(=O)CCCCC(=O)N2Cc3ccccc3C#Cc3ccccc32)ccc1O[C@@H]1OC(C(=O)OC)[C@@H](OC(C)=O)C(OC(C)=O)C1OC(C)=O)C(C)C. The highest BCUT2D eigenvalue weighted by Crippen LogP contribution is 2.36. The van der Waals surface area contributed by atoms with Crippen molar-refractivity contribution in [3.8, 4) is 17.6 Å². The van der Waals surface area contributed by atoms with Crippen molar-refractivity contribution in [3.05, 3.63) is 125 Å². The standard InChI is InChI=1S/C92H128N8O26/c1-17-58(6)80(73(114-14)53-77(107)99-43-27-34-71(99)82(115-15)59(7)87(109)94-60(8)81(108)66-30-19-18-20-31-66)97(12)89(111)78(56(2)3)96-88(110)79(57(4)5)98(13)92(113)121-55-68-52-69(39-40-72(68)125-91-86(124-63(11)103)84(123-62(10)102)83(122-61(9)101)85(126-91)90(112)116-16)95-75(105)41-44-117-46-48-119-50-51-120-49-47-118-45-42-93-74(104)35-25-26-36-76(106)100-54-67-32-22-21-28-64(67)37-38-65-29-23-24-33-70(65)100/h18-24,28-33,39-40,52,56-60,71,73,78-86,91,108H,17,25-27,34-36,41-51,53-55H2,1-16H3,(H,93,104)(H,94,109)(H,95,105)(H,96,110)/t58-,59+,60+,71-,73+,78-,79-,80-,81+,82+,83-,84?,85?,86?,91+/m0/s1. The van der Waals surface area contributed by atoms with Crippen LogP contribution in [-0.2, 0) is 123 Å². The van der Waals surface area contributed by atoms with Gasteiger partial charge in [0.1, 0.15) is 24.4 Å². The quantitative estimate of drug-likeness (QED) is 0.0122. The molecule has 126 heavy (non-hydrogen) atoms. The molecule has 7 rings (SSSR count). The molecule has 4 aromatic carbocycles. The maximum atomic E-state index is 15.1. The molecule has 0 bridgehead atoms. The number of unbranched alkanes of at least 4 members (excludes halogenated alkanes) is 1. The summed E-state index contributed by atoms with van der Waals surface area (Å²) < 4.78 is 74.6. The Labute approximate surface area is 738 Å². The molecule has 34 heteroatoms. The van der Waals surface area contributed by atoms with Gasteiger partial charge in [-0.2, -0.15) is 0 Å². The Morgan fingerprint density at radius 1 is 0.627 bits per heavy atom. The predicted octanol–water partition coefficient (Wildman–Crippen LogP) is 7.67. The predicted molar refractivity (Wildman–Crippen MR) is 461 cm³/mol. The van der Waals surface area contributed by atoms with Crippen molar-refractivity contribution in [3.63, 3.8) is 0 Å². The number of likely N-dealkylation sites (N-methyl/N-ethyl adjacent to an activating group) is 2. The molecule has 2 fully saturated rings. The molecule has 15 atom stereocenters. The molecule has 0 saturated carbocycles. The van der Waals surface area contributed by atoms with E-state index in [-0.39, 0.29) is 125 Å². The van der Waals surface area contributed by atoms with Gasteiger partial charge in [0.25, 0.3) is 0 Å². The summed E-state index contributed by atoms with van der Waals surface area (Å²) in [5, 5.41) is 22.5. The van der Waals surface area contributed by atoms with Crippen LogP contribution in [-0.4, -0.2) is 266 Å². The second-order valence-corrected chi connectivity index (χ2v) is 32.1. The highest BCUT2D eigenvalue weighted by atomic mass is 16.7. The lowest BCUT2D eigenvalue weighted by Gasteiger charge is -2.43. The Kier molecular flexibility index (Phi) is 42.2. The highest BCUT2D eigenvalue weighted by Gasteiger charge is 2.56. The smallest absolute Gasteiger partial charge is 0.410 e. The van der Waals surface area contributed by atoms with Crippen LogP contribution in [0.25, 0.3) is 0 Å². The minimum Gasteiger partial charge on any atom is -0.467 e. The van der Waals surface area contributed by atoms with Crippen LogP contribution in [0.15, 0.2) is 97.1 Å². The van der Waals surface area contributed by atoms with E-state index in [9.17, 15) is 57.8 Å². The summed E-state index contributed by atoms with van der Waals surface area (Å²) in [6.45, 7) is 19.3. The van der Waals surface area contributed by atoms with E-state index in [1.54, 1.807) is 82.7 Å². The van der Waals surface area contributed by atoms with E-state index in [4.69, 9.17) is 61.6 Å². The number of likely N-dealkylation sites (tertiary alicyclic amines) is 1. The van der Waals surface area contributed by atoms with E-state index in [0.717, 1.165) is 55.2 Å². The molecular weight excluding hydrogens is 1630 g/mol. The van der Waals surface area contributed by atoms with Crippen LogP contribution in [0.2, 0.25) is 0 Å². The first kappa shape index (κ1) is 102. The molecule has 2 saturated heterocycles. The topological polar surface area (TPSA) is 406 Å². The first-order valence-electron chi connectivity index (χ1n) is 43.0. The van der Waals surface area contributed by atoms with Crippen LogP contribution in [0.3, 0.4) is 0 Å². The molecule has 0 aromatic heterocycles. The molecule has 3 aliphatic rings. The second-order valence-electron chi connectivity index (χ2n) is 32.1. The summed E-state index contributed by atoms with van der Waals surface area (Å²) in [5.41, 5.74) is 4.20. The third-order valence-electron chi connectivity index (χ3n) is 22.2. The number of amides is 8. The van der Waals surface area contributed by atoms with Gasteiger partial charge in [-0.15, -0.1) is 0 Å². The van der Waals surface area contributed by atoms with Crippen LogP contribution < -0.4 is 30.9 Å². The van der Waals surface area contributed by atoms with Crippen LogP contribution >= 0.6 is 0 Å². The second kappa shape index (κ2) is 51.8. The van der Waals surface area contributed by atoms with E-state index < -0.39 is 151 Å². The van der Waals surface area contributed by atoms with Crippen LogP contribution in [0.1, 0.15) is 168 Å². The van der Waals surface area contributed by atoms with Crippen LogP contribution in [0.5, 0.6) is 5.75 Å². The Morgan fingerprint density at radius 3 is 1.86 bits per heavy atom. The summed E-state index contributed by atoms with van der Waals surface area (Å²) in [5.74, 6) is -2.37. The van der Waals surface area contributed by atoms with Crippen LogP contribution in [0.4, 0.5) is 16.2 Å². The molecule has 0 spiro atoms. The lowest BCUT2D eigenvalue weighted by atomic mass is 9.89. The third-order valence-corrected chi connectivity index (χ3v) is 22.2. The molecule has 692 valence electrons. The van der Waals surface area contributed by atoms with E-state index >= 15 is 4.79 Å². The number of fused-ring (bicyclic) bond motifs is 2. The Morgan fingerprint density at radius 2 is 1.23 bits per heavy atom. The van der Waals surface area contributed by atoms with Gasteiger partial charge in [-0.25, -0.2) is 9.59 Å². The minimum absolute atomic E-state index is 0.00266. The van der Waals surface area contributed by atoms with Gasteiger partial charge >= 0.3 is 30.0 Å². The maximum Gasteiger partial charge on any atom is 0.410 e. The number of ether oxygens (including phenoxy) is 13. The number of nitrogens with one attached hydrogen (secondary N) is 4. The molecule has 5 N–H and O–H groups in total. The molecule has 34 nitrogen and oxygen atoms in total. The number of para-hydroxylation sites is 1. The van der Waals surface area contributed by atoms with Crippen molar-refractivity contribution in [2.45, 2.75) is 226 Å². The largest absolute Gasteiger partial charge is 0.467 e. The highest BCUT2D eigenvalue weighted by molar-refractivity contribution is 5.96. The number of benzene rings is 4. The van der Waals surface area contributed by atoms with Crippen molar-refractivity contribution in [2.24, 2.45) is 23.7 Å². The zero-order valence-electron chi connectivity index (χ0n) is 75.3. The number of anilines is 2. The monoisotopic (exact) mass is 1760 g/mol. The molecule has 0 radical (unpaired) electrons. The van der Waals surface area contributed by atoms with Crippen molar-refractivity contribution < 1.29 is 124 Å². The average molecular weight is 1760 g/mol. The van der Waals surface area contributed by atoms with Gasteiger partial charge < -0.3 is 103 Å². The molecular formula is C92H128N8O26. The van der Waals surface area contributed by atoms with E-state index in [1.165, 1.54) is 44.4 Å². The van der Waals surface area contributed by atoms with Crippen LogP contribution in [0, 0.1) is 35.5 Å². The lowest BCUT2D eigenvalue weighted by molar-refractivity contribution is -0.282. The maximum absolute atomic E-state index is 15.1. The number of methoxy groups -OCH3 is 3. The van der Waals surface area contributed by atoms with Gasteiger partial charge in [-0.1, -0.05) is 127 Å². The van der Waals surface area contributed by atoms with Crippen molar-refractivity contribution in [1.82, 2.24) is 30.7 Å². The van der Waals surface area contributed by atoms with Crippen molar-refractivity contribution in [1.29, 1.82) is 0 Å². The summed E-state index contributed by atoms with van der Waals surface area (Å²) in [6.07, 6.45) is -9.48. The fourth-order valence-electron chi connectivity index (χ4n) is 15.5. The van der Waals surface area contributed by atoms with Gasteiger partial charge in [0.05, 0.1) is 127 Å². The minimum atomic E-state index is -1.87. The lowest BCUT2D eigenvalue weighted by Crippen LogP contribution is -2.64. The van der Waals surface area contributed by atoms with Gasteiger partial charge in [0.2, 0.25) is 53.7 Å². The Hall–Kier alpha value is -10.6. The van der Waals surface area contributed by atoms with E-state index in [0.29, 0.717) is 57.3 Å². The summed E-state index contributed by atoms with van der Waals surface area (Å²) >= 11 is 0. The van der Waals surface area contributed by atoms with Gasteiger partial charge in [0.15, 0.2) is 18.3 Å². The average Bonchev–Trinajstić information content (AvgIpc) is 0.881. The number of hydrogen-bond acceptors (Lipinski definition) is 26. The van der Waals surface area contributed by atoms with Gasteiger partial charge in [-0.05, 0) is 97.9 Å². The molecule has 3 heterocycles. The third kappa shape index (κ3) is 30.3. The zero-order valence-corrected chi connectivity index (χ0v) is 75.3. The molecule has 3 unspecified atom stereocenters. The summed E-state index contributed by atoms with van der Waals surface area (Å²) in [4.78, 5) is 170. The van der Waals surface area contributed by atoms with Gasteiger partial charge in [-0.3, -0.25) is 52.8 Å². The molecule has 0 aliphatic carbocycles. The Bertz CT molecular complexity index is 4330. The fraction of sp³-hybridized carbons (Fsp3) is 0.587. The van der Waals surface area contributed by atoms with Gasteiger partial charge in [0, 0.05) is 97.4 Å². The number of hydrogen-bond donors (Lipinski definition) is 5. The molecule has 4 aromatic rings. The van der Waals surface area contributed by atoms with E-state index in [1.807, 2.05) is 68.4 Å². The number of aliphatic hydroxyl groups is 1. The first-order chi connectivity index (χ1) is 60.2. The number of rotatable bonds is 49. The zero-order chi connectivity index (χ0) is 92.3. The number of aliphatic hydroxyl groups excluding tert-OH is 1. The van der Waals surface area contributed by atoms with Crippen molar-refractivity contribution >= 4 is 82.7 Å². The number of esters is 4. The van der Waals surface area contributed by atoms with E-state index in [2.05, 4.69) is 33.1 Å². The summed E-state index contributed by atoms with van der Waals surface area (Å²) in [6, 6.07) is 24.2. The summed E-state index contributed by atoms with van der Waals surface area (Å²) in [7, 11) is 6.90.